The second-order valence-corrected chi connectivity index (χ2v) is 2.54. The summed E-state index contributed by atoms with van der Waals surface area (Å²) in [6.07, 6.45) is 4.61. The molecule has 0 spiro atoms. The van der Waals surface area contributed by atoms with E-state index in [2.05, 4.69) is 6.92 Å². The van der Waals surface area contributed by atoms with E-state index in [1.54, 1.807) is 13.2 Å². The molecule has 1 aliphatic carbocycles. The highest BCUT2D eigenvalue weighted by molar-refractivity contribution is 5.23. The van der Waals surface area contributed by atoms with Crippen molar-refractivity contribution in [1.82, 2.24) is 0 Å². The van der Waals surface area contributed by atoms with Crippen molar-refractivity contribution in [1.29, 1.82) is 0 Å². The number of methoxy groups -OCH3 is 1. The summed E-state index contributed by atoms with van der Waals surface area (Å²) in [6, 6.07) is 0. The maximum atomic E-state index is 9.15. The van der Waals surface area contributed by atoms with E-state index < -0.39 is 0 Å². The Morgan fingerprint density at radius 3 is 2.90 bits per heavy atom. The molecule has 0 bridgehead atoms. The molecule has 1 N–H and O–H groups in total. The SMILES string of the molecule is COC1=CC(C)CC=C1O. The van der Waals surface area contributed by atoms with Gasteiger partial charge in [-0.1, -0.05) is 6.92 Å². The first-order valence-corrected chi connectivity index (χ1v) is 3.39. The van der Waals surface area contributed by atoms with Gasteiger partial charge in [0.2, 0.25) is 0 Å². The Bertz CT molecular complexity index is 180. The molecule has 1 rings (SSSR count). The lowest BCUT2D eigenvalue weighted by atomic mass is 10.0. The van der Waals surface area contributed by atoms with Crippen LogP contribution in [-0.4, -0.2) is 12.2 Å². The summed E-state index contributed by atoms with van der Waals surface area (Å²) < 4.78 is 4.92. The van der Waals surface area contributed by atoms with Gasteiger partial charge in [-0.3, -0.25) is 0 Å². The van der Waals surface area contributed by atoms with Crippen molar-refractivity contribution in [2.24, 2.45) is 5.92 Å². The second kappa shape index (κ2) is 2.78. The number of rotatable bonds is 1. The number of aliphatic hydroxyl groups excluding tert-OH is 1. The fraction of sp³-hybridized carbons (Fsp3) is 0.500. The van der Waals surface area contributed by atoms with Gasteiger partial charge in [-0.25, -0.2) is 0 Å². The highest BCUT2D eigenvalue weighted by Crippen LogP contribution is 2.20. The van der Waals surface area contributed by atoms with Crippen molar-refractivity contribution in [3.05, 3.63) is 23.7 Å². The third-order valence-electron chi connectivity index (χ3n) is 1.59. The van der Waals surface area contributed by atoms with Crippen LogP contribution in [0, 0.1) is 5.92 Å². The fourth-order valence-electron chi connectivity index (χ4n) is 0.983. The van der Waals surface area contributed by atoms with Crippen molar-refractivity contribution in [3.8, 4) is 0 Å². The molecule has 1 unspecified atom stereocenters. The van der Waals surface area contributed by atoms with E-state index in [0.717, 1.165) is 6.42 Å². The van der Waals surface area contributed by atoms with E-state index in [0.29, 0.717) is 11.7 Å². The van der Waals surface area contributed by atoms with Crippen molar-refractivity contribution in [2.75, 3.05) is 7.11 Å². The Morgan fingerprint density at radius 2 is 2.40 bits per heavy atom. The number of ether oxygens (including phenoxy) is 1. The Hall–Kier alpha value is -0.920. The quantitative estimate of drug-likeness (QED) is 0.603. The molecule has 0 aliphatic heterocycles. The Balaban J connectivity index is 2.74. The lowest BCUT2D eigenvalue weighted by Gasteiger charge is -2.13. The summed E-state index contributed by atoms with van der Waals surface area (Å²) in [5, 5.41) is 9.15. The summed E-state index contributed by atoms with van der Waals surface area (Å²) in [5.41, 5.74) is 0. The number of hydrogen-bond acceptors (Lipinski definition) is 2. The smallest absolute Gasteiger partial charge is 0.156 e. The first-order chi connectivity index (χ1) is 4.74. The van der Waals surface area contributed by atoms with Crippen LogP contribution in [-0.2, 0) is 4.74 Å². The largest absolute Gasteiger partial charge is 0.504 e. The third-order valence-corrected chi connectivity index (χ3v) is 1.59. The summed E-state index contributed by atoms with van der Waals surface area (Å²) in [6.45, 7) is 2.09. The van der Waals surface area contributed by atoms with E-state index in [4.69, 9.17) is 9.84 Å². The number of aliphatic hydroxyl groups is 1. The predicted molar refractivity (Wildman–Crippen MR) is 39.6 cm³/mol. The summed E-state index contributed by atoms with van der Waals surface area (Å²) in [4.78, 5) is 0. The van der Waals surface area contributed by atoms with Gasteiger partial charge >= 0.3 is 0 Å². The lowest BCUT2D eigenvalue weighted by molar-refractivity contribution is 0.247. The molecular formula is C8H12O2. The highest BCUT2D eigenvalue weighted by Gasteiger charge is 2.10. The summed E-state index contributed by atoms with van der Waals surface area (Å²) >= 11 is 0. The lowest BCUT2D eigenvalue weighted by Crippen LogP contribution is -2.02. The molecule has 0 radical (unpaired) electrons. The molecule has 0 aromatic heterocycles. The molecule has 0 heterocycles. The minimum Gasteiger partial charge on any atom is -0.504 e. The van der Waals surface area contributed by atoms with Crippen molar-refractivity contribution in [2.45, 2.75) is 13.3 Å². The van der Waals surface area contributed by atoms with E-state index in [-0.39, 0.29) is 5.76 Å². The third kappa shape index (κ3) is 1.32. The zero-order valence-corrected chi connectivity index (χ0v) is 6.29. The zero-order chi connectivity index (χ0) is 7.56. The molecule has 0 saturated heterocycles. The monoisotopic (exact) mass is 140 g/mol. The van der Waals surface area contributed by atoms with E-state index in [9.17, 15) is 0 Å². The molecule has 2 nitrogen and oxygen atoms in total. The first-order valence-electron chi connectivity index (χ1n) is 3.39. The van der Waals surface area contributed by atoms with Crippen LogP contribution in [0.25, 0.3) is 0 Å². The molecule has 10 heavy (non-hydrogen) atoms. The van der Waals surface area contributed by atoms with Gasteiger partial charge in [0.25, 0.3) is 0 Å². The van der Waals surface area contributed by atoms with Crippen molar-refractivity contribution < 1.29 is 9.84 Å². The van der Waals surface area contributed by atoms with Crippen LogP contribution < -0.4 is 0 Å². The van der Waals surface area contributed by atoms with Crippen LogP contribution in [0.3, 0.4) is 0 Å². The van der Waals surface area contributed by atoms with E-state index in [1.165, 1.54) is 0 Å². The maximum Gasteiger partial charge on any atom is 0.156 e. The Kier molecular flexibility index (Phi) is 2.00. The van der Waals surface area contributed by atoms with E-state index >= 15 is 0 Å². The van der Waals surface area contributed by atoms with Gasteiger partial charge in [-0.2, -0.15) is 0 Å². The first kappa shape index (κ1) is 7.19. The molecular weight excluding hydrogens is 128 g/mol. The molecule has 0 aromatic carbocycles. The summed E-state index contributed by atoms with van der Waals surface area (Å²) in [7, 11) is 1.56. The van der Waals surface area contributed by atoms with Gasteiger partial charge in [0.05, 0.1) is 7.11 Å². The minimum absolute atomic E-state index is 0.264. The zero-order valence-electron chi connectivity index (χ0n) is 6.29. The molecule has 56 valence electrons. The Labute approximate surface area is 60.8 Å². The van der Waals surface area contributed by atoms with Crippen LogP contribution in [0.15, 0.2) is 23.7 Å². The van der Waals surface area contributed by atoms with Gasteiger partial charge in [0.1, 0.15) is 0 Å². The van der Waals surface area contributed by atoms with Gasteiger partial charge in [-0.05, 0) is 24.5 Å². The number of hydrogen-bond donors (Lipinski definition) is 1. The van der Waals surface area contributed by atoms with Crippen molar-refractivity contribution in [3.63, 3.8) is 0 Å². The molecule has 1 aliphatic rings. The van der Waals surface area contributed by atoms with Gasteiger partial charge in [0, 0.05) is 0 Å². The van der Waals surface area contributed by atoms with Crippen molar-refractivity contribution >= 4 is 0 Å². The molecule has 2 heteroatoms. The average Bonchev–Trinajstić information content (AvgIpc) is 1.94. The molecule has 0 amide bonds. The standard InChI is InChI=1S/C8H12O2/c1-6-3-4-7(9)8(5-6)10-2/h4-6,9H,3H2,1-2H3. The van der Waals surface area contributed by atoms with Crippen LogP contribution in [0.4, 0.5) is 0 Å². The predicted octanol–water partition coefficient (Wildman–Crippen LogP) is 2.00. The second-order valence-electron chi connectivity index (χ2n) is 2.54. The maximum absolute atomic E-state index is 9.15. The van der Waals surface area contributed by atoms with Gasteiger partial charge in [0.15, 0.2) is 11.5 Å². The highest BCUT2D eigenvalue weighted by atomic mass is 16.5. The van der Waals surface area contributed by atoms with Crippen LogP contribution >= 0.6 is 0 Å². The van der Waals surface area contributed by atoms with Crippen LogP contribution in [0.2, 0.25) is 0 Å². The molecule has 0 saturated carbocycles. The molecule has 0 aromatic rings. The van der Waals surface area contributed by atoms with E-state index in [1.807, 2.05) is 6.08 Å². The van der Waals surface area contributed by atoms with Gasteiger partial charge in [-0.15, -0.1) is 0 Å². The normalized spacial score (nSPS) is 25.2. The Morgan fingerprint density at radius 1 is 1.70 bits per heavy atom. The average molecular weight is 140 g/mol. The number of allylic oxidation sites excluding steroid dienone is 2. The van der Waals surface area contributed by atoms with Crippen LogP contribution in [0.5, 0.6) is 0 Å². The molecule has 1 atom stereocenters. The topological polar surface area (TPSA) is 29.5 Å². The van der Waals surface area contributed by atoms with Crippen LogP contribution in [0.1, 0.15) is 13.3 Å². The fourth-order valence-corrected chi connectivity index (χ4v) is 0.983. The summed E-state index contributed by atoms with van der Waals surface area (Å²) in [5.74, 6) is 1.34. The minimum atomic E-state index is 0.264. The molecule has 0 fully saturated rings. The van der Waals surface area contributed by atoms with Gasteiger partial charge < -0.3 is 9.84 Å².